The van der Waals surface area contributed by atoms with Crippen molar-refractivity contribution in [2.75, 3.05) is 13.7 Å². The Morgan fingerprint density at radius 1 is 1.31 bits per heavy atom. The quantitative estimate of drug-likeness (QED) is 0.800. The molecule has 1 aromatic rings. The van der Waals surface area contributed by atoms with Gasteiger partial charge in [0.05, 0.1) is 13.2 Å². The number of ether oxygens (including phenoxy) is 1. The van der Waals surface area contributed by atoms with E-state index in [4.69, 9.17) is 4.74 Å². The van der Waals surface area contributed by atoms with E-state index in [9.17, 15) is 13.2 Å². The van der Waals surface area contributed by atoms with Gasteiger partial charge in [0, 0.05) is 0 Å². The molecule has 5 heteroatoms. The van der Waals surface area contributed by atoms with Gasteiger partial charge in [0.15, 0.2) is 5.54 Å². The molecular weight excluding hydrogens is 219 g/mol. The Hall–Kier alpha value is -1.07. The third-order valence-electron chi connectivity index (χ3n) is 2.96. The number of benzene rings is 1. The Balaban J connectivity index is 2.58. The molecule has 0 amide bonds. The summed E-state index contributed by atoms with van der Waals surface area (Å²) in [7, 11) is 1.30. The van der Waals surface area contributed by atoms with Crippen LogP contribution in [-0.2, 0) is 16.9 Å². The van der Waals surface area contributed by atoms with E-state index in [1.54, 1.807) is 18.2 Å². The third-order valence-corrected chi connectivity index (χ3v) is 2.96. The van der Waals surface area contributed by atoms with Gasteiger partial charge in [-0.15, -0.1) is 0 Å². The number of nitrogens with one attached hydrogen (secondary N) is 1. The van der Waals surface area contributed by atoms with Crippen molar-refractivity contribution >= 4 is 0 Å². The van der Waals surface area contributed by atoms with E-state index in [0.717, 1.165) is 0 Å². The van der Waals surface area contributed by atoms with Gasteiger partial charge in [-0.3, -0.25) is 0 Å². The van der Waals surface area contributed by atoms with Gasteiger partial charge in [0.25, 0.3) is 0 Å². The minimum absolute atomic E-state index is 0.232. The number of fused-ring (bicyclic) bond motifs is 1. The molecule has 1 heterocycles. The summed E-state index contributed by atoms with van der Waals surface area (Å²) in [5.74, 6) is 0. The molecule has 0 saturated carbocycles. The Kier molecular flexibility index (Phi) is 2.67. The molecule has 1 atom stereocenters. The second kappa shape index (κ2) is 3.75. The smallest absolute Gasteiger partial charge is 0.374 e. The van der Waals surface area contributed by atoms with Gasteiger partial charge in [-0.1, -0.05) is 24.3 Å². The molecule has 1 aliphatic rings. The minimum atomic E-state index is -4.38. The Labute approximate surface area is 91.4 Å². The first-order valence-corrected chi connectivity index (χ1v) is 4.93. The molecule has 1 unspecified atom stereocenters. The van der Waals surface area contributed by atoms with Crippen LogP contribution in [0, 0.1) is 0 Å². The average molecular weight is 231 g/mol. The largest absolute Gasteiger partial charge is 0.413 e. The fraction of sp³-hybridized carbons (Fsp3) is 0.455. The van der Waals surface area contributed by atoms with Crippen LogP contribution in [0.25, 0.3) is 0 Å². The second-order valence-electron chi connectivity index (χ2n) is 3.80. The molecule has 1 aliphatic heterocycles. The SMILES string of the molecule is CNC1(C(F)(F)F)COCc2ccccc21. The van der Waals surface area contributed by atoms with Crippen LogP contribution < -0.4 is 5.32 Å². The van der Waals surface area contributed by atoms with E-state index in [0.29, 0.717) is 5.56 Å². The maximum Gasteiger partial charge on any atom is 0.413 e. The highest BCUT2D eigenvalue weighted by Crippen LogP contribution is 2.42. The number of hydrogen-bond acceptors (Lipinski definition) is 2. The minimum Gasteiger partial charge on any atom is -0.374 e. The molecule has 88 valence electrons. The van der Waals surface area contributed by atoms with Crippen LogP contribution in [0.5, 0.6) is 0 Å². The molecule has 0 aliphatic carbocycles. The van der Waals surface area contributed by atoms with Gasteiger partial charge >= 0.3 is 6.18 Å². The van der Waals surface area contributed by atoms with Crippen molar-refractivity contribution in [2.24, 2.45) is 0 Å². The number of hydrogen-bond donors (Lipinski definition) is 1. The first kappa shape index (κ1) is 11.4. The molecule has 0 aromatic heterocycles. The van der Waals surface area contributed by atoms with E-state index in [1.165, 1.54) is 13.1 Å². The van der Waals surface area contributed by atoms with Crippen molar-refractivity contribution < 1.29 is 17.9 Å². The van der Waals surface area contributed by atoms with Crippen LogP contribution in [-0.4, -0.2) is 19.8 Å². The molecule has 0 saturated heterocycles. The number of likely N-dealkylation sites (N-methyl/N-ethyl adjacent to an activating group) is 1. The van der Waals surface area contributed by atoms with Crippen LogP contribution in [0.3, 0.4) is 0 Å². The maximum atomic E-state index is 13.1. The molecule has 1 N–H and O–H groups in total. The standard InChI is InChI=1S/C11H12F3NO/c1-15-10(11(12,13)14)7-16-6-8-4-2-3-5-9(8)10/h2-5,15H,6-7H2,1H3. The van der Waals surface area contributed by atoms with Crippen LogP contribution in [0.4, 0.5) is 13.2 Å². The van der Waals surface area contributed by atoms with Crippen molar-refractivity contribution in [3.63, 3.8) is 0 Å². The second-order valence-corrected chi connectivity index (χ2v) is 3.80. The average Bonchev–Trinajstić information content (AvgIpc) is 2.26. The van der Waals surface area contributed by atoms with Gasteiger partial charge in [-0.05, 0) is 18.2 Å². The number of alkyl halides is 3. The van der Waals surface area contributed by atoms with Gasteiger partial charge in [-0.25, -0.2) is 0 Å². The van der Waals surface area contributed by atoms with Crippen LogP contribution in [0.2, 0.25) is 0 Å². The van der Waals surface area contributed by atoms with E-state index in [-0.39, 0.29) is 18.8 Å². The summed E-state index contributed by atoms with van der Waals surface area (Å²) in [5, 5.41) is 2.36. The zero-order valence-electron chi connectivity index (χ0n) is 8.77. The van der Waals surface area contributed by atoms with Crippen molar-refractivity contribution in [1.82, 2.24) is 5.32 Å². The zero-order chi connectivity index (χ0) is 11.8. The fourth-order valence-corrected chi connectivity index (χ4v) is 2.04. The molecule has 2 nitrogen and oxygen atoms in total. The molecule has 0 radical (unpaired) electrons. The van der Waals surface area contributed by atoms with Gasteiger partial charge in [-0.2, -0.15) is 13.2 Å². The lowest BCUT2D eigenvalue weighted by molar-refractivity contribution is -0.220. The molecule has 16 heavy (non-hydrogen) atoms. The monoisotopic (exact) mass is 231 g/mol. The Morgan fingerprint density at radius 2 is 2.00 bits per heavy atom. The van der Waals surface area contributed by atoms with Crippen molar-refractivity contribution in [1.29, 1.82) is 0 Å². The predicted octanol–water partition coefficient (Wildman–Crippen LogP) is 2.19. The lowest BCUT2D eigenvalue weighted by atomic mass is 9.85. The molecule has 0 spiro atoms. The normalized spacial score (nSPS) is 25.2. The first-order valence-electron chi connectivity index (χ1n) is 4.93. The molecule has 0 fully saturated rings. The first-order chi connectivity index (χ1) is 7.51. The van der Waals surface area contributed by atoms with Gasteiger partial charge < -0.3 is 10.1 Å². The van der Waals surface area contributed by atoms with Crippen LogP contribution in [0.15, 0.2) is 24.3 Å². The third kappa shape index (κ3) is 1.51. The fourth-order valence-electron chi connectivity index (χ4n) is 2.04. The zero-order valence-corrected chi connectivity index (χ0v) is 8.77. The summed E-state index contributed by atoms with van der Waals surface area (Å²) in [6.45, 7) is -0.153. The predicted molar refractivity (Wildman–Crippen MR) is 52.9 cm³/mol. The summed E-state index contributed by atoms with van der Waals surface area (Å²) in [5.41, 5.74) is -1.24. The Morgan fingerprint density at radius 3 is 2.62 bits per heavy atom. The molecule has 2 rings (SSSR count). The Bertz CT molecular complexity index is 391. The summed E-state index contributed by atoms with van der Waals surface area (Å²) in [6.07, 6.45) is -4.38. The summed E-state index contributed by atoms with van der Waals surface area (Å²) < 4.78 is 44.4. The molecular formula is C11H12F3NO. The highest BCUT2D eigenvalue weighted by molar-refractivity contribution is 5.36. The maximum absolute atomic E-state index is 13.1. The van der Waals surface area contributed by atoms with E-state index in [2.05, 4.69) is 5.32 Å². The van der Waals surface area contributed by atoms with Crippen molar-refractivity contribution in [3.05, 3.63) is 35.4 Å². The molecule has 1 aromatic carbocycles. The lowest BCUT2D eigenvalue weighted by Gasteiger charge is -2.39. The summed E-state index contributed by atoms with van der Waals surface area (Å²) in [6, 6.07) is 6.49. The van der Waals surface area contributed by atoms with Gasteiger partial charge in [0.2, 0.25) is 0 Å². The van der Waals surface area contributed by atoms with E-state index >= 15 is 0 Å². The highest BCUT2D eigenvalue weighted by atomic mass is 19.4. The lowest BCUT2D eigenvalue weighted by Crippen LogP contribution is -2.57. The van der Waals surface area contributed by atoms with Crippen molar-refractivity contribution in [3.8, 4) is 0 Å². The topological polar surface area (TPSA) is 21.3 Å². The van der Waals surface area contributed by atoms with E-state index in [1.807, 2.05) is 0 Å². The summed E-state index contributed by atoms with van der Waals surface area (Å²) >= 11 is 0. The van der Waals surface area contributed by atoms with Crippen LogP contribution >= 0.6 is 0 Å². The van der Waals surface area contributed by atoms with Gasteiger partial charge in [0.1, 0.15) is 0 Å². The van der Waals surface area contributed by atoms with Crippen molar-refractivity contribution in [2.45, 2.75) is 18.3 Å². The highest BCUT2D eigenvalue weighted by Gasteiger charge is 2.57. The number of rotatable bonds is 1. The summed E-state index contributed by atoms with van der Waals surface area (Å²) in [4.78, 5) is 0. The van der Waals surface area contributed by atoms with E-state index < -0.39 is 11.7 Å². The number of halogens is 3. The van der Waals surface area contributed by atoms with Crippen LogP contribution in [0.1, 0.15) is 11.1 Å². The molecule has 0 bridgehead atoms.